The van der Waals surface area contributed by atoms with Crippen LogP contribution in [0.3, 0.4) is 0 Å². The molecule has 0 aromatic carbocycles. The van der Waals surface area contributed by atoms with Gasteiger partial charge in [0.25, 0.3) is 0 Å². The highest BCUT2D eigenvalue weighted by molar-refractivity contribution is 7.99. The Bertz CT molecular complexity index is 74.2. The average molecular weight is 220 g/mol. The molecule has 0 bridgehead atoms. The Morgan fingerprint density at radius 3 is 2.15 bits per heavy atom. The first kappa shape index (κ1) is 13.7. The second-order valence-electron chi connectivity index (χ2n) is 3.46. The molecule has 0 aromatic heterocycles. The SMILES string of the molecule is CCCCCCCCSCCCS. The van der Waals surface area contributed by atoms with E-state index in [2.05, 4.69) is 31.3 Å². The predicted molar refractivity (Wildman–Crippen MR) is 69.2 cm³/mol. The van der Waals surface area contributed by atoms with Crippen LogP contribution in [0.4, 0.5) is 0 Å². The molecule has 0 spiro atoms. The Labute approximate surface area is 93.7 Å². The zero-order valence-electron chi connectivity index (χ0n) is 8.93. The van der Waals surface area contributed by atoms with E-state index in [1.54, 1.807) is 0 Å². The molecule has 0 aliphatic heterocycles. The van der Waals surface area contributed by atoms with Crippen LogP contribution in [0.5, 0.6) is 0 Å². The van der Waals surface area contributed by atoms with E-state index in [0.717, 1.165) is 5.75 Å². The van der Waals surface area contributed by atoms with E-state index in [9.17, 15) is 0 Å². The maximum Gasteiger partial charge on any atom is -0.00598 e. The third-order valence-electron chi connectivity index (χ3n) is 2.09. The van der Waals surface area contributed by atoms with Gasteiger partial charge >= 0.3 is 0 Å². The van der Waals surface area contributed by atoms with E-state index in [1.807, 2.05) is 0 Å². The molecule has 0 atom stereocenters. The number of unbranched alkanes of at least 4 members (excludes halogenated alkanes) is 5. The molecule has 2 heteroatoms. The monoisotopic (exact) mass is 220 g/mol. The summed E-state index contributed by atoms with van der Waals surface area (Å²) in [4.78, 5) is 0. The van der Waals surface area contributed by atoms with Gasteiger partial charge in [-0.3, -0.25) is 0 Å². The van der Waals surface area contributed by atoms with E-state index >= 15 is 0 Å². The maximum atomic E-state index is 4.19. The highest BCUT2D eigenvalue weighted by Crippen LogP contribution is 2.10. The van der Waals surface area contributed by atoms with Crippen LogP contribution in [0.2, 0.25) is 0 Å². The normalized spacial score (nSPS) is 10.6. The predicted octanol–water partition coefficient (Wildman–Crippen LogP) is 4.40. The van der Waals surface area contributed by atoms with Crippen molar-refractivity contribution < 1.29 is 0 Å². The van der Waals surface area contributed by atoms with Crippen LogP contribution >= 0.6 is 24.4 Å². The second kappa shape index (κ2) is 12.7. The molecule has 0 saturated heterocycles. The lowest BCUT2D eigenvalue weighted by Gasteiger charge is -2.00. The molecule has 0 unspecified atom stereocenters. The Kier molecular flexibility index (Phi) is 13.4. The number of rotatable bonds is 10. The van der Waals surface area contributed by atoms with Gasteiger partial charge in [-0.1, -0.05) is 39.0 Å². The van der Waals surface area contributed by atoms with Gasteiger partial charge in [0.2, 0.25) is 0 Å². The summed E-state index contributed by atoms with van der Waals surface area (Å²) in [7, 11) is 0. The standard InChI is InChI=1S/C11H24S2/c1-2-3-4-5-6-7-10-13-11-8-9-12/h12H,2-11H2,1H3. The van der Waals surface area contributed by atoms with Crippen molar-refractivity contribution in [3.63, 3.8) is 0 Å². The summed E-state index contributed by atoms with van der Waals surface area (Å²) < 4.78 is 0. The fourth-order valence-corrected chi connectivity index (χ4v) is 2.59. The lowest BCUT2D eigenvalue weighted by Crippen LogP contribution is -1.86. The van der Waals surface area contributed by atoms with Gasteiger partial charge in [-0.05, 0) is 30.1 Å². The smallest absolute Gasteiger partial charge is 0.00598 e. The lowest BCUT2D eigenvalue weighted by atomic mass is 10.1. The van der Waals surface area contributed by atoms with E-state index in [-0.39, 0.29) is 0 Å². The number of thiol groups is 1. The van der Waals surface area contributed by atoms with Gasteiger partial charge in [0.15, 0.2) is 0 Å². The molecule has 80 valence electrons. The molecular weight excluding hydrogens is 196 g/mol. The van der Waals surface area contributed by atoms with E-state index in [0.29, 0.717) is 0 Å². The Hall–Kier alpha value is 0.700. The Balaban J connectivity index is 2.76. The van der Waals surface area contributed by atoms with Gasteiger partial charge in [0.05, 0.1) is 0 Å². The number of hydrogen-bond acceptors (Lipinski definition) is 2. The van der Waals surface area contributed by atoms with E-state index < -0.39 is 0 Å². The first-order valence-corrected chi connectivity index (χ1v) is 7.39. The summed E-state index contributed by atoms with van der Waals surface area (Å²) >= 11 is 6.28. The van der Waals surface area contributed by atoms with Gasteiger partial charge in [0, 0.05) is 0 Å². The summed E-state index contributed by atoms with van der Waals surface area (Å²) in [6.07, 6.45) is 9.79. The van der Waals surface area contributed by atoms with Gasteiger partial charge in [-0.25, -0.2) is 0 Å². The molecule has 0 rings (SSSR count). The molecule has 0 aliphatic rings. The van der Waals surface area contributed by atoms with Crippen molar-refractivity contribution in [1.29, 1.82) is 0 Å². The minimum absolute atomic E-state index is 1.05. The van der Waals surface area contributed by atoms with Gasteiger partial charge < -0.3 is 0 Å². The average Bonchev–Trinajstić information content (AvgIpc) is 2.16. The van der Waals surface area contributed by atoms with E-state index in [1.165, 1.54) is 56.5 Å². The molecule has 0 heterocycles. The molecule has 0 nitrogen and oxygen atoms in total. The Morgan fingerprint density at radius 2 is 1.46 bits per heavy atom. The van der Waals surface area contributed by atoms with Crippen LogP contribution in [0.25, 0.3) is 0 Å². The highest BCUT2D eigenvalue weighted by Gasteiger charge is 1.91. The maximum absolute atomic E-state index is 4.19. The van der Waals surface area contributed by atoms with Gasteiger partial charge in [0.1, 0.15) is 0 Å². The number of thioether (sulfide) groups is 1. The van der Waals surface area contributed by atoms with Crippen molar-refractivity contribution in [3.8, 4) is 0 Å². The van der Waals surface area contributed by atoms with Crippen LogP contribution in [0.15, 0.2) is 0 Å². The van der Waals surface area contributed by atoms with Gasteiger partial charge in [-0.15, -0.1) is 0 Å². The summed E-state index contributed by atoms with van der Waals surface area (Å²) in [6.45, 7) is 2.27. The van der Waals surface area contributed by atoms with Crippen LogP contribution < -0.4 is 0 Å². The minimum atomic E-state index is 1.05. The van der Waals surface area contributed by atoms with Crippen molar-refractivity contribution >= 4 is 24.4 Å². The van der Waals surface area contributed by atoms with Crippen molar-refractivity contribution in [2.75, 3.05) is 17.3 Å². The molecule has 0 fully saturated rings. The first-order chi connectivity index (χ1) is 6.41. The molecule has 0 aromatic rings. The van der Waals surface area contributed by atoms with Crippen molar-refractivity contribution in [2.45, 2.75) is 51.9 Å². The van der Waals surface area contributed by atoms with E-state index in [4.69, 9.17) is 0 Å². The Morgan fingerprint density at radius 1 is 0.846 bits per heavy atom. The lowest BCUT2D eigenvalue weighted by molar-refractivity contribution is 0.627. The third-order valence-corrected chi connectivity index (χ3v) is 3.56. The number of hydrogen-bond donors (Lipinski definition) is 1. The van der Waals surface area contributed by atoms with Crippen molar-refractivity contribution in [2.24, 2.45) is 0 Å². The quantitative estimate of drug-likeness (QED) is 0.420. The second-order valence-corrected chi connectivity index (χ2v) is 5.13. The summed E-state index contributed by atoms with van der Waals surface area (Å²) in [6, 6.07) is 0. The fraction of sp³-hybridized carbons (Fsp3) is 1.00. The summed E-state index contributed by atoms with van der Waals surface area (Å²) in [5, 5.41) is 0. The molecule has 0 saturated carbocycles. The highest BCUT2D eigenvalue weighted by atomic mass is 32.2. The zero-order valence-corrected chi connectivity index (χ0v) is 10.6. The third kappa shape index (κ3) is 12.7. The van der Waals surface area contributed by atoms with Crippen LogP contribution in [0, 0.1) is 0 Å². The molecular formula is C11H24S2. The van der Waals surface area contributed by atoms with Crippen LogP contribution in [-0.4, -0.2) is 17.3 Å². The molecule has 0 radical (unpaired) electrons. The van der Waals surface area contributed by atoms with Crippen molar-refractivity contribution in [3.05, 3.63) is 0 Å². The summed E-state index contributed by atoms with van der Waals surface area (Å²) in [5.74, 6) is 3.71. The molecule has 0 aliphatic carbocycles. The van der Waals surface area contributed by atoms with Crippen molar-refractivity contribution in [1.82, 2.24) is 0 Å². The minimum Gasteiger partial charge on any atom is -0.179 e. The summed E-state index contributed by atoms with van der Waals surface area (Å²) in [5.41, 5.74) is 0. The first-order valence-electron chi connectivity index (χ1n) is 5.60. The van der Waals surface area contributed by atoms with Crippen LogP contribution in [-0.2, 0) is 0 Å². The fourth-order valence-electron chi connectivity index (χ4n) is 1.25. The molecule has 0 amide bonds. The topological polar surface area (TPSA) is 0 Å². The van der Waals surface area contributed by atoms with Crippen LogP contribution in [0.1, 0.15) is 51.9 Å². The van der Waals surface area contributed by atoms with Gasteiger partial charge in [-0.2, -0.15) is 24.4 Å². The molecule has 13 heavy (non-hydrogen) atoms. The zero-order chi connectivity index (χ0) is 9.78. The molecule has 0 N–H and O–H groups in total. The largest absolute Gasteiger partial charge is 0.179 e.